The lowest BCUT2D eigenvalue weighted by Gasteiger charge is -2.29. The van der Waals surface area contributed by atoms with Crippen LogP contribution in [0.25, 0.3) is 0 Å². The normalized spacial score (nSPS) is 14.4. The van der Waals surface area contributed by atoms with Gasteiger partial charge in [0, 0.05) is 11.4 Å². The number of nitrogens with zero attached hydrogens (tertiary/aromatic N) is 3. The predicted octanol–water partition coefficient (Wildman–Crippen LogP) is 4.82. The van der Waals surface area contributed by atoms with E-state index in [1.807, 2.05) is 50.2 Å². The van der Waals surface area contributed by atoms with Crippen LogP contribution in [0.3, 0.4) is 0 Å². The van der Waals surface area contributed by atoms with Gasteiger partial charge in [0.1, 0.15) is 12.4 Å². The summed E-state index contributed by atoms with van der Waals surface area (Å²) in [6.07, 6.45) is 1.43. The van der Waals surface area contributed by atoms with Crippen molar-refractivity contribution >= 4 is 23.5 Å². The zero-order valence-electron chi connectivity index (χ0n) is 20.3. The third-order valence-corrected chi connectivity index (χ3v) is 5.87. The van der Waals surface area contributed by atoms with E-state index < -0.39 is 12.0 Å². The zero-order chi connectivity index (χ0) is 25.8. The van der Waals surface area contributed by atoms with Crippen molar-refractivity contribution in [3.8, 4) is 11.5 Å². The Hall–Kier alpha value is -4.92. The molecule has 0 aliphatic carbocycles. The summed E-state index contributed by atoms with van der Waals surface area (Å²) in [5.41, 5.74) is 2.94. The quantitative estimate of drug-likeness (QED) is 0.279. The van der Waals surface area contributed by atoms with E-state index in [1.165, 1.54) is 6.33 Å². The van der Waals surface area contributed by atoms with Gasteiger partial charge < -0.3 is 20.1 Å². The van der Waals surface area contributed by atoms with Crippen LogP contribution >= 0.6 is 0 Å². The lowest BCUT2D eigenvalue weighted by atomic mass is 9.94. The second kappa shape index (κ2) is 10.4. The molecule has 1 atom stereocenters. The van der Waals surface area contributed by atoms with E-state index in [-0.39, 0.29) is 11.7 Å². The predicted molar refractivity (Wildman–Crippen MR) is 139 cm³/mol. The zero-order valence-corrected chi connectivity index (χ0v) is 20.3. The van der Waals surface area contributed by atoms with Gasteiger partial charge in [0.2, 0.25) is 5.95 Å². The summed E-state index contributed by atoms with van der Waals surface area (Å²) < 4.78 is 13.1. The van der Waals surface area contributed by atoms with Gasteiger partial charge in [-0.2, -0.15) is 10.1 Å². The summed E-state index contributed by atoms with van der Waals surface area (Å²) >= 11 is 0. The molecular formula is C28H25N5O4. The summed E-state index contributed by atoms with van der Waals surface area (Å²) in [5, 5.41) is 10.5. The van der Waals surface area contributed by atoms with Crippen molar-refractivity contribution in [2.75, 3.05) is 17.2 Å². The Bertz CT molecular complexity index is 1460. The highest BCUT2D eigenvalue weighted by Gasteiger charge is 2.34. The number of fused-ring (bicyclic) bond motifs is 1. The van der Waals surface area contributed by atoms with E-state index in [4.69, 9.17) is 9.47 Å². The van der Waals surface area contributed by atoms with Crippen LogP contribution < -0.4 is 20.1 Å². The molecule has 1 aliphatic heterocycles. The van der Waals surface area contributed by atoms with Gasteiger partial charge in [-0.05, 0) is 55.8 Å². The number of anilines is 2. The first kappa shape index (κ1) is 23.8. The molecule has 5 rings (SSSR count). The highest BCUT2D eigenvalue weighted by molar-refractivity contribution is 6.06. The Morgan fingerprint density at radius 3 is 2.46 bits per heavy atom. The number of aromatic nitrogens is 3. The first-order chi connectivity index (χ1) is 18.0. The summed E-state index contributed by atoms with van der Waals surface area (Å²) in [4.78, 5) is 30.5. The maximum atomic E-state index is 13.5. The number of para-hydroxylation sites is 1. The molecule has 186 valence electrons. The second-order valence-corrected chi connectivity index (χ2v) is 8.31. The molecule has 1 amide bonds. The summed E-state index contributed by atoms with van der Waals surface area (Å²) in [5.74, 6) is 0.401. The van der Waals surface area contributed by atoms with Gasteiger partial charge in [0.25, 0.3) is 5.91 Å². The number of amides is 1. The molecule has 9 heteroatoms. The van der Waals surface area contributed by atoms with Crippen molar-refractivity contribution in [2.45, 2.75) is 19.9 Å². The Labute approximate surface area is 213 Å². The average molecular weight is 496 g/mol. The maximum absolute atomic E-state index is 13.5. The number of nitrogens with one attached hydrogen (secondary N) is 2. The third-order valence-electron chi connectivity index (χ3n) is 5.87. The Morgan fingerprint density at radius 2 is 1.73 bits per heavy atom. The number of rotatable bonds is 7. The maximum Gasteiger partial charge on any atom is 0.343 e. The fourth-order valence-corrected chi connectivity index (χ4v) is 4.19. The molecule has 2 heterocycles. The highest BCUT2D eigenvalue weighted by Crippen LogP contribution is 2.39. The summed E-state index contributed by atoms with van der Waals surface area (Å²) in [7, 11) is 0. The smallest absolute Gasteiger partial charge is 0.343 e. The van der Waals surface area contributed by atoms with Crippen molar-refractivity contribution in [2.24, 2.45) is 0 Å². The number of ether oxygens (including phenoxy) is 2. The fourth-order valence-electron chi connectivity index (χ4n) is 4.19. The van der Waals surface area contributed by atoms with E-state index >= 15 is 0 Å². The number of allylic oxidation sites excluding steroid dienone is 1. The SMILES string of the molecule is CCOc1cc(C2C(C(=O)Nc3ccccc3)=C(C)Nc3ncnn32)ccc1OC(=O)c1ccccc1. The largest absolute Gasteiger partial charge is 0.490 e. The molecule has 0 bridgehead atoms. The molecule has 0 spiro atoms. The van der Waals surface area contributed by atoms with E-state index in [1.54, 1.807) is 47.1 Å². The Balaban J connectivity index is 1.52. The third kappa shape index (κ3) is 4.92. The molecule has 4 aromatic rings. The Morgan fingerprint density at radius 1 is 1.00 bits per heavy atom. The van der Waals surface area contributed by atoms with E-state index in [0.717, 1.165) is 0 Å². The van der Waals surface area contributed by atoms with E-state index in [9.17, 15) is 9.59 Å². The molecule has 37 heavy (non-hydrogen) atoms. The molecule has 1 aromatic heterocycles. The van der Waals surface area contributed by atoms with Crippen molar-refractivity contribution in [1.29, 1.82) is 0 Å². The number of benzene rings is 3. The number of hydrogen-bond donors (Lipinski definition) is 2. The van der Waals surface area contributed by atoms with Crippen LogP contribution in [0.2, 0.25) is 0 Å². The minimum atomic E-state index is -0.597. The molecule has 1 aliphatic rings. The standard InChI is InChI=1S/C28H25N5O4/c1-3-36-23-16-20(14-15-22(23)37-27(35)19-10-6-4-7-11-19)25-24(18(2)31-28-29-17-30-33(25)28)26(34)32-21-12-8-5-9-13-21/h4-17,25H,3H2,1-2H3,(H,32,34)(H,29,30,31). The second-order valence-electron chi connectivity index (χ2n) is 8.31. The monoisotopic (exact) mass is 495 g/mol. The van der Waals surface area contributed by atoms with Crippen molar-refractivity contribution in [3.05, 3.63) is 108 Å². The van der Waals surface area contributed by atoms with Crippen molar-refractivity contribution in [3.63, 3.8) is 0 Å². The van der Waals surface area contributed by atoms with Crippen molar-refractivity contribution in [1.82, 2.24) is 14.8 Å². The van der Waals surface area contributed by atoms with Crippen LogP contribution in [0.5, 0.6) is 11.5 Å². The van der Waals surface area contributed by atoms with E-state index in [0.29, 0.717) is 46.4 Å². The first-order valence-corrected chi connectivity index (χ1v) is 11.8. The van der Waals surface area contributed by atoms with Gasteiger partial charge in [0.15, 0.2) is 11.5 Å². The minimum Gasteiger partial charge on any atom is -0.490 e. The van der Waals surface area contributed by atoms with Crippen LogP contribution in [0.4, 0.5) is 11.6 Å². The summed E-state index contributed by atoms with van der Waals surface area (Å²) in [6, 6.07) is 22.6. The molecular weight excluding hydrogens is 470 g/mol. The lowest BCUT2D eigenvalue weighted by molar-refractivity contribution is -0.113. The minimum absolute atomic E-state index is 0.278. The topological polar surface area (TPSA) is 107 Å². The van der Waals surface area contributed by atoms with Gasteiger partial charge in [-0.15, -0.1) is 0 Å². The van der Waals surface area contributed by atoms with Crippen LogP contribution in [0.15, 0.2) is 96.5 Å². The van der Waals surface area contributed by atoms with Gasteiger partial charge in [-0.3, -0.25) is 4.79 Å². The van der Waals surface area contributed by atoms with Gasteiger partial charge in [-0.1, -0.05) is 42.5 Å². The van der Waals surface area contributed by atoms with Gasteiger partial charge >= 0.3 is 5.97 Å². The number of esters is 1. The molecule has 0 fully saturated rings. The average Bonchev–Trinajstić information content (AvgIpc) is 3.38. The van der Waals surface area contributed by atoms with Crippen LogP contribution in [0.1, 0.15) is 35.8 Å². The lowest BCUT2D eigenvalue weighted by Crippen LogP contribution is -2.31. The number of carbonyl (C=O) groups excluding carboxylic acids is 2. The molecule has 2 N–H and O–H groups in total. The van der Waals surface area contributed by atoms with Crippen LogP contribution in [-0.2, 0) is 4.79 Å². The Kier molecular flexibility index (Phi) is 6.67. The van der Waals surface area contributed by atoms with Gasteiger partial charge in [-0.25, -0.2) is 9.48 Å². The summed E-state index contributed by atoms with van der Waals surface area (Å²) in [6.45, 7) is 4.03. The molecule has 3 aromatic carbocycles. The molecule has 1 unspecified atom stereocenters. The van der Waals surface area contributed by atoms with Gasteiger partial charge in [0.05, 0.1) is 17.7 Å². The molecule has 0 radical (unpaired) electrons. The highest BCUT2D eigenvalue weighted by atomic mass is 16.6. The molecule has 0 saturated carbocycles. The molecule has 0 saturated heterocycles. The first-order valence-electron chi connectivity index (χ1n) is 11.8. The fraction of sp³-hybridized carbons (Fsp3) is 0.143. The number of hydrogen-bond acceptors (Lipinski definition) is 7. The van der Waals surface area contributed by atoms with Crippen LogP contribution in [0, 0.1) is 0 Å². The van der Waals surface area contributed by atoms with Crippen molar-refractivity contribution < 1.29 is 19.1 Å². The number of carbonyl (C=O) groups is 2. The van der Waals surface area contributed by atoms with Crippen LogP contribution in [-0.4, -0.2) is 33.2 Å². The van der Waals surface area contributed by atoms with E-state index in [2.05, 4.69) is 20.7 Å². The molecule has 9 nitrogen and oxygen atoms in total.